The molecule has 0 N–H and O–H groups in total. The van der Waals surface area contributed by atoms with Crippen molar-refractivity contribution < 1.29 is 0 Å². The number of rotatable bonds is 3. The van der Waals surface area contributed by atoms with Gasteiger partial charge in [-0.2, -0.15) is 9.90 Å². The molecule has 1 atom stereocenters. The number of halogens is 1. The second-order valence-electron chi connectivity index (χ2n) is 6.22. The summed E-state index contributed by atoms with van der Waals surface area (Å²) >= 11 is 3.54. The Labute approximate surface area is 170 Å². The van der Waals surface area contributed by atoms with E-state index in [0.717, 1.165) is 4.83 Å². The molecule has 0 spiro atoms. The van der Waals surface area contributed by atoms with Crippen LogP contribution in [0.3, 0.4) is 0 Å². The van der Waals surface area contributed by atoms with E-state index in [2.05, 4.69) is 107 Å². The highest BCUT2D eigenvalue weighted by molar-refractivity contribution is 9.09. The molecule has 26 heavy (non-hydrogen) atoms. The first kappa shape index (κ1) is 21.3. The molecule has 4 rings (SSSR count). The first-order valence-corrected chi connectivity index (χ1v) is 11.2. The van der Waals surface area contributed by atoms with Crippen molar-refractivity contribution in [3.05, 3.63) is 91.0 Å². The third-order valence-electron chi connectivity index (χ3n) is 4.33. The van der Waals surface area contributed by atoms with Crippen LogP contribution in [-0.2, 0) is 0 Å². The average Bonchev–Trinajstić information content (AvgIpc) is 3.16. The van der Waals surface area contributed by atoms with E-state index in [9.17, 15) is 0 Å². The summed E-state index contributed by atoms with van der Waals surface area (Å²) in [6.45, 7) is 0. The number of hydrogen-bond donors (Lipinski definition) is 0. The van der Waals surface area contributed by atoms with Crippen LogP contribution in [0, 0.1) is 0 Å². The molecule has 136 valence electrons. The minimum Gasteiger partial charge on any atom is -0.153 e. The summed E-state index contributed by atoms with van der Waals surface area (Å²) in [7, 11) is -0.446. The summed E-state index contributed by atoms with van der Waals surface area (Å²) in [6, 6.07) is 32.3. The second-order valence-corrected chi connectivity index (χ2v) is 9.74. The Morgan fingerprint density at radius 2 is 0.885 bits per heavy atom. The smallest absolute Gasteiger partial charge is 0.0145 e. The van der Waals surface area contributed by atoms with Crippen LogP contribution in [0.15, 0.2) is 91.0 Å². The molecule has 1 aliphatic rings. The molecule has 0 aliphatic heterocycles. The first-order valence-electron chi connectivity index (χ1n) is 8.94. The van der Waals surface area contributed by atoms with Gasteiger partial charge in [-0.05, 0) is 36.7 Å². The molecule has 1 unspecified atom stereocenters. The van der Waals surface area contributed by atoms with E-state index in [0.29, 0.717) is 0 Å². The van der Waals surface area contributed by atoms with Crippen molar-refractivity contribution in [1.29, 1.82) is 0 Å². The van der Waals surface area contributed by atoms with Crippen molar-refractivity contribution in [1.82, 2.24) is 0 Å². The summed E-state index contributed by atoms with van der Waals surface area (Å²) in [5.74, 6) is 0. The monoisotopic (exact) mass is 444 g/mol. The summed E-state index contributed by atoms with van der Waals surface area (Å²) in [5.41, 5.74) is 0. The molecule has 3 aromatic carbocycles. The van der Waals surface area contributed by atoms with Crippen LogP contribution in [0.1, 0.15) is 25.7 Å². The molecule has 0 nitrogen and oxygen atoms in total. The van der Waals surface area contributed by atoms with Crippen LogP contribution in [-0.4, -0.2) is 4.83 Å². The van der Waals surface area contributed by atoms with Crippen LogP contribution in [0.4, 0.5) is 0 Å². The SMILES string of the molecule is BrC1CCCC1.P.c1ccc(P(c2ccccc2)c2ccccc2)cc1. The molecule has 0 aromatic heterocycles. The van der Waals surface area contributed by atoms with Crippen LogP contribution < -0.4 is 15.9 Å². The number of alkyl halides is 1. The number of benzene rings is 3. The Morgan fingerprint density at radius 3 is 1.12 bits per heavy atom. The maximum absolute atomic E-state index is 3.54. The van der Waals surface area contributed by atoms with E-state index in [1.807, 2.05) is 0 Å². The van der Waals surface area contributed by atoms with Crippen molar-refractivity contribution in [3.8, 4) is 0 Å². The second kappa shape index (κ2) is 11.7. The van der Waals surface area contributed by atoms with Crippen molar-refractivity contribution in [2.75, 3.05) is 0 Å². The van der Waals surface area contributed by atoms with Gasteiger partial charge < -0.3 is 0 Å². The van der Waals surface area contributed by atoms with E-state index < -0.39 is 7.92 Å². The molecule has 3 heteroatoms. The van der Waals surface area contributed by atoms with Gasteiger partial charge >= 0.3 is 0 Å². The molecular weight excluding hydrogens is 418 g/mol. The lowest BCUT2D eigenvalue weighted by Gasteiger charge is -2.18. The van der Waals surface area contributed by atoms with Crippen LogP contribution in [0.25, 0.3) is 0 Å². The van der Waals surface area contributed by atoms with Gasteiger partial charge in [-0.1, -0.05) is 120 Å². The standard InChI is InChI=1S/C18H15P.C5H9Br.H3P/c1-4-10-16(11-5-1)19(17-12-6-2-7-13-17)18-14-8-3-9-15-18;6-5-3-1-2-4-5;/h1-15H;5H,1-4H2;1H3. The fraction of sp³-hybridized carbons (Fsp3) is 0.217. The topological polar surface area (TPSA) is 0 Å². The van der Waals surface area contributed by atoms with E-state index >= 15 is 0 Å². The lowest BCUT2D eigenvalue weighted by Crippen LogP contribution is -2.20. The Kier molecular flexibility index (Phi) is 9.55. The Balaban J connectivity index is 0.000000297. The van der Waals surface area contributed by atoms with Gasteiger partial charge in [0.1, 0.15) is 0 Å². The molecule has 0 amide bonds. The maximum atomic E-state index is 3.54. The molecule has 3 aromatic rings. The zero-order valence-corrected chi connectivity index (χ0v) is 19.0. The van der Waals surface area contributed by atoms with Crippen LogP contribution in [0.2, 0.25) is 0 Å². The van der Waals surface area contributed by atoms with Crippen molar-refractivity contribution in [2.45, 2.75) is 30.5 Å². The first-order chi connectivity index (χ1) is 12.3. The van der Waals surface area contributed by atoms with Crippen LogP contribution in [0.5, 0.6) is 0 Å². The maximum Gasteiger partial charge on any atom is 0.0145 e. The van der Waals surface area contributed by atoms with E-state index in [-0.39, 0.29) is 9.90 Å². The highest BCUT2D eigenvalue weighted by Crippen LogP contribution is 2.32. The highest BCUT2D eigenvalue weighted by Gasteiger charge is 2.15. The lowest BCUT2D eigenvalue weighted by molar-refractivity contribution is 0.886. The predicted octanol–water partition coefficient (Wildman–Crippen LogP) is 5.83. The summed E-state index contributed by atoms with van der Waals surface area (Å²) in [5, 5.41) is 4.19. The molecule has 0 radical (unpaired) electrons. The van der Waals surface area contributed by atoms with Gasteiger partial charge in [-0.25, -0.2) is 0 Å². The minimum absolute atomic E-state index is 0. The molecule has 0 bridgehead atoms. The van der Waals surface area contributed by atoms with Crippen molar-refractivity contribution >= 4 is 49.7 Å². The predicted molar refractivity (Wildman–Crippen MR) is 127 cm³/mol. The van der Waals surface area contributed by atoms with Gasteiger partial charge in [-0.3, -0.25) is 0 Å². The lowest BCUT2D eigenvalue weighted by atomic mass is 10.4. The zero-order chi connectivity index (χ0) is 17.3. The van der Waals surface area contributed by atoms with E-state index in [4.69, 9.17) is 0 Å². The molecular formula is C23H27BrP2. The van der Waals surface area contributed by atoms with Gasteiger partial charge in [0.05, 0.1) is 0 Å². The highest BCUT2D eigenvalue weighted by atomic mass is 79.9. The molecule has 1 aliphatic carbocycles. The van der Waals surface area contributed by atoms with Gasteiger partial charge in [0.2, 0.25) is 0 Å². The summed E-state index contributed by atoms with van der Waals surface area (Å²) in [6.07, 6.45) is 5.69. The quantitative estimate of drug-likeness (QED) is 0.352. The largest absolute Gasteiger partial charge is 0.153 e. The molecule has 1 fully saturated rings. The third kappa shape index (κ3) is 6.31. The van der Waals surface area contributed by atoms with Gasteiger partial charge in [0, 0.05) is 4.83 Å². The van der Waals surface area contributed by atoms with Gasteiger partial charge in [0.15, 0.2) is 0 Å². The van der Waals surface area contributed by atoms with Gasteiger partial charge in [0.25, 0.3) is 0 Å². The Bertz CT molecular complexity index is 632. The number of hydrogen-bond acceptors (Lipinski definition) is 0. The normalized spacial score (nSPS) is 13.6. The molecule has 1 saturated carbocycles. The Hall–Kier alpha value is -1.00. The zero-order valence-electron chi connectivity index (χ0n) is 15.1. The minimum atomic E-state index is -0.446. The molecule has 0 saturated heterocycles. The average molecular weight is 445 g/mol. The Morgan fingerprint density at radius 1 is 0.577 bits per heavy atom. The fourth-order valence-electron chi connectivity index (χ4n) is 3.05. The molecule has 0 heterocycles. The summed E-state index contributed by atoms with van der Waals surface area (Å²) < 4.78 is 0. The van der Waals surface area contributed by atoms with Crippen molar-refractivity contribution in [2.24, 2.45) is 0 Å². The van der Waals surface area contributed by atoms with E-state index in [1.54, 1.807) is 0 Å². The van der Waals surface area contributed by atoms with Crippen LogP contribution >= 0.6 is 33.8 Å². The third-order valence-corrected chi connectivity index (χ3v) is 7.69. The summed E-state index contributed by atoms with van der Waals surface area (Å²) in [4.78, 5) is 0.859. The fourth-order valence-corrected chi connectivity index (χ4v) is 6.01. The van der Waals surface area contributed by atoms with E-state index in [1.165, 1.54) is 41.6 Å². The van der Waals surface area contributed by atoms with Crippen molar-refractivity contribution in [3.63, 3.8) is 0 Å². The van der Waals surface area contributed by atoms with Gasteiger partial charge in [-0.15, -0.1) is 0 Å².